The number of carbonyl (C=O) groups excluding carboxylic acids is 1. The minimum Gasteiger partial charge on any atom is -0.355 e. The summed E-state index contributed by atoms with van der Waals surface area (Å²) in [4.78, 5) is 12.8. The molecule has 1 fully saturated rings. The molecule has 0 aliphatic carbocycles. The first kappa shape index (κ1) is 12.9. The molecular formula is C12H18N2OS2. The molecule has 3 nitrogen and oxygen atoms in total. The lowest BCUT2D eigenvalue weighted by Gasteiger charge is -2.26. The third-order valence-electron chi connectivity index (χ3n) is 2.73. The number of amides is 1. The number of nitrogens with one attached hydrogen (secondary N) is 2. The van der Waals surface area contributed by atoms with Crippen molar-refractivity contribution < 1.29 is 4.79 Å². The van der Waals surface area contributed by atoms with Gasteiger partial charge in [-0.2, -0.15) is 11.8 Å². The van der Waals surface area contributed by atoms with E-state index in [0.717, 1.165) is 37.7 Å². The second kappa shape index (κ2) is 7.03. The Labute approximate surface area is 110 Å². The molecular weight excluding hydrogens is 252 g/mol. The Morgan fingerprint density at radius 2 is 2.47 bits per heavy atom. The molecule has 1 aliphatic rings. The zero-order valence-corrected chi connectivity index (χ0v) is 11.4. The van der Waals surface area contributed by atoms with E-state index in [1.807, 2.05) is 6.07 Å². The van der Waals surface area contributed by atoms with Gasteiger partial charge in [0.15, 0.2) is 0 Å². The molecule has 2 N–H and O–H groups in total. The highest BCUT2D eigenvalue weighted by atomic mass is 32.2. The summed E-state index contributed by atoms with van der Waals surface area (Å²) in [7, 11) is 0. The van der Waals surface area contributed by atoms with Gasteiger partial charge in [0.25, 0.3) is 0 Å². The van der Waals surface area contributed by atoms with Crippen LogP contribution >= 0.6 is 23.1 Å². The van der Waals surface area contributed by atoms with Gasteiger partial charge in [-0.05, 0) is 42.6 Å². The standard InChI is InChI=1S/C12H18N2OS2/c15-12(9-16-8-10-6-13-7-10)14-4-3-11-2-1-5-17-11/h1-2,5,10,13H,3-4,6-9H2,(H,14,15). The highest BCUT2D eigenvalue weighted by Gasteiger charge is 2.16. The summed E-state index contributed by atoms with van der Waals surface area (Å²) < 4.78 is 0. The first-order valence-corrected chi connectivity index (χ1v) is 7.95. The quantitative estimate of drug-likeness (QED) is 0.786. The van der Waals surface area contributed by atoms with Crippen molar-refractivity contribution in [2.45, 2.75) is 6.42 Å². The van der Waals surface area contributed by atoms with Crippen LogP contribution < -0.4 is 10.6 Å². The lowest BCUT2D eigenvalue weighted by Crippen LogP contribution is -2.43. The van der Waals surface area contributed by atoms with Crippen LogP contribution in [0.4, 0.5) is 0 Å². The number of hydrogen-bond donors (Lipinski definition) is 2. The molecule has 17 heavy (non-hydrogen) atoms. The lowest BCUT2D eigenvalue weighted by atomic mass is 10.1. The van der Waals surface area contributed by atoms with E-state index in [9.17, 15) is 4.79 Å². The summed E-state index contributed by atoms with van der Waals surface area (Å²) in [5, 5.41) is 8.27. The van der Waals surface area contributed by atoms with Crippen LogP contribution in [0.3, 0.4) is 0 Å². The van der Waals surface area contributed by atoms with Gasteiger partial charge in [-0.15, -0.1) is 11.3 Å². The fraction of sp³-hybridized carbons (Fsp3) is 0.583. The summed E-state index contributed by atoms with van der Waals surface area (Å²) in [5.41, 5.74) is 0. The van der Waals surface area contributed by atoms with Gasteiger partial charge in [-0.25, -0.2) is 0 Å². The number of thiophene rings is 1. The van der Waals surface area contributed by atoms with E-state index in [0.29, 0.717) is 5.75 Å². The zero-order chi connectivity index (χ0) is 11.9. The van der Waals surface area contributed by atoms with Crippen molar-refractivity contribution >= 4 is 29.0 Å². The van der Waals surface area contributed by atoms with Crippen molar-refractivity contribution in [2.24, 2.45) is 5.92 Å². The highest BCUT2D eigenvalue weighted by molar-refractivity contribution is 7.99. The minimum atomic E-state index is 0.166. The molecule has 0 radical (unpaired) electrons. The molecule has 1 saturated heterocycles. The third-order valence-corrected chi connectivity index (χ3v) is 4.84. The highest BCUT2D eigenvalue weighted by Crippen LogP contribution is 2.12. The molecule has 2 rings (SSSR count). The Morgan fingerprint density at radius 3 is 3.12 bits per heavy atom. The van der Waals surface area contributed by atoms with Crippen molar-refractivity contribution in [3.8, 4) is 0 Å². The molecule has 1 aromatic rings. The van der Waals surface area contributed by atoms with Gasteiger partial charge < -0.3 is 10.6 Å². The van der Waals surface area contributed by atoms with Crippen molar-refractivity contribution in [1.29, 1.82) is 0 Å². The Balaban J connectivity index is 1.48. The maximum Gasteiger partial charge on any atom is 0.230 e. The van der Waals surface area contributed by atoms with E-state index >= 15 is 0 Å². The predicted octanol–water partition coefficient (Wildman–Crippen LogP) is 1.36. The summed E-state index contributed by atoms with van der Waals surface area (Å²) in [5.74, 6) is 2.64. The maximum absolute atomic E-state index is 11.5. The van der Waals surface area contributed by atoms with E-state index in [4.69, 9.17) is 0 Å². The molecule has 0 atom stereocenters. The van der Waals surface area contributed by atoms with Crippen LogP contribution in [0.2, 0.25) is 0 Å². The molecule has 0 aromatic carbocycles. The molecule has 1 amide bonds. The van der Waals surface area contributed by atoms with Gasteiger partial charge in [-0.3, -0.25) is 4.79 Å². The van der Waals surface area contributed by atoms with E-state index in [1.165, 1.54) is 4.88 Å². The largest absolute Gasteiger partial charge is 0.355 e. The van der Waals surface area contributed by atoms with Crippen LogP contribution in [0.25, 0.3) is 0 Å². The van der Waals surface area contributed by atoms with Crippen molar-refractivity contribution in [1.82, 2.24) is 10.6 Å². The Hall–Kier alpha value is -0.520. The van der Waals surface area contributed by atoms with E-state index in [2.05, 4.69) is 22.1 Å². The number of hydrogen-bond acceptors (Lipinski definition) is 4. The van der Waals surface area contributed by atoms with Crippen LogP contribution in [0.5, 0.6) is 0 Å². The summed E-state index contributed by atoms with van der Waals surface area (Å²) in [6, 6.07) is 4.15. The summed E-state index contributed by atoms with van der Waals surface area (Å²) >= 11 is 3.49. The summed E-state index contributed by atoms with van der Waals surface area (Å²) in [6.07, 6.45) is 0.945. The van der Waals surface area contributed by atoms with Gasteiger partial charge in [-0.1, -0.05) is 6.07 Å². The topological polar surface area (TPSA) is 41.1 Å². The van der Waals surface area contributed by atoms with Gasteiger partial charge in [0.1, 0.15) is 0 Å². The first-order valence-electron chi connectivity index (χ1n) is 5.92. The Bertz CT molecular complexity index is 336. The molecule has 0 unspecified atom stereocenters. The van der Waals surface area contributed by atoms with Crippen LogP contribution in [-0.2, 0) is 11.2 Å². The Morgan fingerprint density at radius 1 is 1.59 bits per heavy atom. The molecule has 0 bridgehead atoms. The molecule has 1 aliphatic heterocycles. The van der Waals surface area contributed by atoms with Crippen LogP contribution in [-0.4, -0.2) is 37.0 Å². The Kier molecular flexibility index (Phi) is 5.35. The van der Waals surface area contributed by atoms with Crippen LogP contribution in [0.15, 0.2) is 17.5 Å². The van der Waals surface area contributed by atoms with Crippen molar-refractivity contribution in [2.75, 3.05) is 31.1 Å². The zero-order valence-electron chi connectivity index (χ0n) is 9.78. The molecule has 0 saturated carbocycles. The van der Waals surface area contributed by atoms with Gasteiger partial charge in [0, 0.05) is 11.4 Å². The second-order valence-electron chi connectivity index (χ2n) is 4.22. The molecule has 94 valence electrons. The molecule has 0 spiro atoms. The van der Waals surface area contributed by atoms with Gasteiger partial charge >= 0.3 is 0 Å². The number of carbonyl (C=O) groups is 1. The third kappa shape index (κ3) is 4.69. The van der Waals surface area contributed by atoms with Crippen molar-refractivity contribution in [3.63, 3.8) is 0 Å². The molecule has 5 heteroatoms. The van der Waals surface area contributed by atoms with E-state index in [-0.39, 0.29) is 5.91 Å². The van der Waals surface area contributed by atoms with Gasteiger partial charge in [0.05, 0.1) is 5.75 Å². The molecule has 2 heterocycles. The second-order valence-corrected chi connectivity index (χ2v) is 6.28. The first-order chi connectivity index (χ1) is 8.34. The van der Waals surface area contributed by atoms with E-state index < -0.39 is 0 Å². The van der Waals surface area contributed by atoms with E-state index in [1.54, 1.807) is 23.1 Å². The van der Waals surface area contributed by atoms with Crippen LogP contribution in [0.1, 0.15) is 4.88 Å². The SMILES string of the molecule is O=C(CSCC1CNC1)NCCc1cccs1. The van der Waals surface area contributed by atoms with Gasteiger partial charge in [0.2, 0.25) is 5.91 Å². The fourth-order valence-corrected chi connectivity index (χ4v) is 3.30. The predicted molar refractivity (Wildman–Crippen MR) is 74.7 cm³/mol. The lowest BCUT2D eigenvalue weighted by molar-refractivity contribution is -0.118. The minimum absolute atomic E-state index is 0.166. The number of thioether (sulfide) groups is 1. The maximum atomic E-state index is 11.5. The summed E-state index contributed by atoms with van der Waals surface area (Å²) in [6.45, 7) is 2.99. The normalized spacial score (nSPS) is 15.5. The average Bonchev–Trinajstić information content (AvgIpc) is 2.75. The van der Waals surface area contributed by atoms with Crippen LogP contribution in [0, 0.1) is 5.92 Å². The smallest absolute Gasteiger partial charge is 0.230 e. The molecule has 1 aromatic heterocycles. The monoisotopic (exact) mass is 270 g/mol. The fourth-order valence-electron chi connectivity index (χ4n) is 1.62. The average molecular weight is 270 g/mol. The van der Waals surface area contributed by atoms with Crippen molar-refractivity contribution in [3.05, 3.63) is 22.4 Å². The number of rotatable bonds is 7.